The Labute approximate surface area is 175 Å². The van der Waals surface area contributed by atoms with E-state index in [1.165, 1.54) is 0 Å². The monoisotopic (exact) mass is 420 g/mol. The van der Waals surface area contributed by atoms with E-state index >= 15 is 0 Å². The second-order valence-corrected chi connectivity index (χ2v) is 6.87. The molecule has 0 radical (unpaired) electrons. The molecule has 0 aliphatic heterocycles. The normalized spacial score (nSPS) is 12.0. The van der Waals surface area contributed by atoms with Gasteiger partial charge in [0.15, 0.2) is 5.56 Å². The van der Waals surface area contributed by atoms with Crippen LogP contribution in [0.15, 0.2) is 60.7 Å². The first kappa shape index (κ1) is 19.9. The van der Waals surface area contributed by atoms with Crippen LogP contribution < -0.4 is 5.32 Å². The SMILES string of the molecule is O=C(Nc1c(O)ccc([N+](=O)[O-])c1C(=O)O)OCC1c2ccccc2-c2ccccc21. The number of phenols is 1. The number of rotatable bonds is 5. The van der Waals surface area contributed by atoms with Gasteiger partial charge >= 0.3 is 12.1 Å². The summed E-state index contributed by atoms with van der Waals surface area (Å²) in [5, 5.41) is 32.6. The van der Waals surface area contributed by atoms with E-state index in [1.807, 2.05) is 48.5 Å². The Morgan fingerprint density at radius 1 is 1.00 bits per heavy atom. The highest BCUT2D eigenvalue weighted by molar-refractivity contribution is 6.04. The molecule has 9 nitrogen and oxygen atoms in total. The van der Waals surface area contributed by atoms with Crippen LogP contribution in [0, 0.1) is 10.1 Å². The second-order valence-electron chi connectivity index (χ2n) is 6.87. The number of hydrogen-bond acceptors (Lipinski definition) is 6. The number of anilines is 1. The van der Waals surface area contributed by atoms with Gasteiger partial charge in [-0.1, -0.05) is 48.5 Å². The van der Waals surface area contributed by atoms with E-state index in [0.717, 1.165) is 34.4 Å². The van der Waals surface area contributed by atoms with Crippen LogP contribution in [0.5, 0.6) is 5.75 Å². The number of hydrogen-bond donors (Lipinski definition) is 3. The number of nitrogens with zero attached hydrogens (tertiary/aromatic N) is 1. The van der Waals surface area contributed by atoms with Crippen molar-refractivity contribution in [1.82, 2.24) is 0 Å². The average molecular weight is 420 g/mol. The van der Waals surface area contributed by atoms with Crippen LogP contribution in [0.3, 0.4) is 0 Å². The van der Waals surface area contributed by atoms with Crippen LogP contribution in [0.4, 0.5) is 16.2 Å². The summed E-state index contributed by atoms with van der Waals surface area (Å²) < 4.78 is 5.31. The molecule has 1 amide bonds. The van der Waals surface area contributed by atoms with Gasteiger partial charge < -0.3 is 14.9 Å². The number of nitro benzene ring substituents is 1. The molecule has 0 saturated carbocycles. The van der Waals surface area contributed by atoms with Gasteiger partial charge in [-0.25, -0.2) is 9.59 Å². The smallest absolute Gasteiger partial charge is 0.411 e. The fraction of sp³-hybridized carbons (Fsp3) is 0.0909. The first-order chi connectivity index (χ1) is 14.9. The van der Waals surface area contributed by atoms with E-state index in [1.54, 1.807) is 0 Å². The molecule has 3 N–H and O–H groups in total. The van der Waals surface area contributed by atoms with Crippen molar-refractivity contribution in [2.45, 2.75) is 5.92 Å². The molecular formula is C22H16N2O7. The minimum atomic E-state index is -1.67. The van der Waals surface area contributed by atoms with Crippen LogP contribution in [0.1, 0.15) is 27.4 Å². The Morgan fingerprint density at radius 2 is 1.58 bits per heavy atom. The quantitative estimate of drug-likeness (QED) is 0.316. The zero-order valence-electron chi connectivity index (χ0n) is 15.9. The van der Waals surface area contributed by atoms with Crippen LogP contribution in [-0.2, 0) is 4.74 Å². The van der Waals surface area contributed by atoms with Gasteiger partial charge in [0, 0.05) is 12.0 Å². The average Bonchev–Trinajstić information content (AvgIpc) is 3.07. The molecule has 0 atom stereocenters. The number of nitrogens with one attached hydrogen (secondary N) is 1. The first-order valence-corrected chi connectivity index (χ1v) is 9.24. The second kappa shape index (κ2) is 7.79. The lowest BCUT2D eigenvalue weighted by Crippen LogP contribution is -2.20. The fourth-order valence-electron chi connectivity index (χ4n) is 3.81. The fourth-order valence-corrected chi connectivity index (χ4v) is 3.81. The predicted octanol–water partition coefficient (Wildman–Crippen LogP) is 4.36. The van der Waals surface area contributed by atoms with Crippen LogP contribution in [0.25, 0.3) is 11.1 Å². The molecule has 0 heterocycles. The number of carboxylic acid groups (broad SMARTS) is 1. The van der Waals surface area contributed by atoms with Gasteiger partial charge in [0.25, 0.3) is 5.69 Å². The van der Waals surface area contributed by atoms with Gasteiger partial charge in [-0.2, -0.15) is 0 Å². The number of ether oxygens (including phenoxy) is 1. The molecule has 0 saturated heterocycles. The Kier molecular flexibility index (Phi) is 5.00. The van der Waals surface area contributed by atoms with E-state index < -0.39 is 39.7 Å². The third-order valence-electron chi connectivity index (χ3n) is 5.14. The Balaban J connectivity index is 1.57. The van der Waals surface area contributed by atoms with E-state index in [9.17, 15) is 29.9 Å². The van der Waals surface area contributed by atoms with E-state index in [2.05, 4.69) is 5.32 Å². The number of benzene rings is 3. The molecule has 3 aromatic rings. The topological polar surface area (TPSA) is 139 Å². The van der Waals surface area contributed by atoms with Crippen molar-refractivity contribution >= 4 is 23.4 Å². The molecule has 0 fully saturated rings. The van der Waals surface area contributed by atoms with E-state index in [0.29, 0.717) is 0 Å². The Hall–Kier alpha value is -4.40. The summed E-state index contributed by atoms with van der Waals surface area (Å²) in [4.78, 5) is 34.1. The predicted molar refractivity (Wildman–Crippen MR) is 110 cm³/mol. The molecule has 4 rings (SSSR count). The molecule has 1 aliphatic carbocycles. The summed E-state index contributed by atoms with van der Waals surface area (Å²) in [5.74, 6) is -2.52. The highest BCUT2D eigenvalue weighted by atomic mass is 16.6. The third kappa shape index (κ3) is 3.52. The van der Waals surface area contributed by atoms with Crippen molar-refractivity contribution < 1.29 is 29.5 Å². The molecule has 0 aromatic heterocycles. The van der Waals surface area contributed by atoms with Crippen molar-refractivity contribution in [1.29, 1.82) is 0 Å². The number of aromatic hydroxyl groups is 1. The number of amides is 1. The highest BCUT2D eigenvalue weighted by Gasteiger charge is 2.31. The molecule has 0 unspecified atom stereocenters. The molecule has 0 spiro atoms. The molecule has 9 heteroatoms. The lowest BCUT2D eigenvalue weighted by molar-refractivity contribution is -0.385. The van der Waals surface area contributed by atoms with Crippen LogP contribution >= 0.6 is 0 Å². The van der Waals surface area contributed by atoms with Gasteiger partial charge in [0.2, 0.25) is 0 Å². The van der Waals surface area contributed by atoms with Crippen molar-refractivity contribution in [3.05, 3.63) is 87.5 Å². The first-order valence-electron chi connectivity index (χ1n) is 9.24. The van der Waals surface area contributed by atoms with Gasteiger partial charge in [-0.05, 0) is 28.3 Å². The minimum Gasteiger partial charge on any atom is -0.506 e. The summed E-state index contributed by atoms with van der Waals surface area (Å²) >= 11 is 0. The van der Waals surface area contributed by atoms with Gasteiger partial charge in [-0.15, -0.1) is 0 Å². The van der Waals surface area contributed by atoms with E-state index in [-0.39, 0.29) is 12.5 Å². The summed E-state index contributed by atoms with van der Waals surface area (Å²) in [6.45, 7) is -0.0437. The standard InChI is InChI=1S/C22H16N2O7/c25-18-10-9-17(24(29)30)19(21(26)27)20(18)23-22(28)31-11-16-14-7-3-1-5-12(14)13-6-2-4-8-15(13)16/h1-10,16,25H,11H2,(H,23,28)(H,26,27). The zero-order chi connectivity index (χ0) is 22.1. The molecule has 1 aliphatic rings. The number of carboxylic acids is 1. The Morgan fingerprint density at radius 3 is 2.13 bits per heavy atom. The highest BCUT2D eigenvalue weighted by Crippen LogP contribution is 2.44. The van der Waals surface area contributed by atoms with Crippen LogP contribution in [-0.4, -0.2) is 33.8 Å². The molecule has 156 valence electrons. The van der Waals surface area contributed by atoms with Gasteiger partial charge in [0.05, 0.1) is 4.92 Å². The largest absolute Gasteiger partial charge is 0.506 e. The summed E-state index contributed by atoms with van der Waals surface area (Å²) in [5.41, 5.74) is 1.85. The maximum absolute atomic E-state index is 12.4. The maximum atomic E-state index is 12.4. The van der Waals surface area contributed by atoms with E-state index in [4.69, 9.17) is 4.74 Å². The van der Waals surface area contributed by atoms with Crippen molar-refractivity contribution in [3.8, 4) is 16.9 Å². The van der Waals surface area contributed by atoms with Crippen molar-refractivity contribution in [2.75, 3.05) is 11.9 Å². The molecule has 3 aromatic carbocycles. The lowest BCUT2D eigenvalue weighted by atomic mass is 9.98. The molecular weight excluding hydrogens is 404 g/mol. The van der Waals surface area contributed by atoms with Gasteiger partial charge in [0.1, 0.15) is 18.0 Å². The number of carbonyl (C=O) groups is 2. The number of fused-ring (bicyclic) bond motifs is 3. The lowest BCUT2D eigenvalue weighted by Gasteiger charge is -2.15. The minimum absolute atomic E-state index is 0.0437. The summed E-state index contributed by atoms with van der Waals surface area (Å²) in [6, 6.07) is 17.2. The third-order valence-corrected chi connectivity index (χ3v) is 5.14. The zero-order valence-corrected chi connectivity index (χ0v) is 15.9. The van der Waals surface area contributed by atoms with Crippen molar-refractivity contribution in [3.63, 3.8) is 0 Å². The summed E-state index contributed by atoms with van der Waals surface area (Å²) in [6.07, 6.45) is -1.04. The van der Waals surface area contributed by atoms with Crippen LogP contribution in [0.2, 0.25) is 0 Å². The van der Waals surface area contributed by atoms with Crippen molar-refractivity contribution in [2.24, 2.45) is 0 Å². The molecule has 31 heavy (non-hydrogen) atoms. The Bertz CT molecular complexity index is 1180. The van der Waals surface area contributed by atoms with Gasteiger partial charge in [-0.3, -0.25) is 15.4 Å². The number of carbonyl (C=O) groups excluding carboxylic acids is 1. The number of phenolic OH excluding ortho intramolecular Hbond substituents is 1. The number of aromatic carboxylic acids is 1. The maximum Gasteiger partial charge on any atom is 0.411 e. The molecule has 0 bridgehead atoms. The summed E-state index contributed by atoms with van der Waals surface area (Å²) in [7, 11) is 0. The number of nitro groups is 1.